The Bertz CT molecular complexity index is 618. The molecular weight excluding hydrogens is 259 g/mol. The average molecular weight is 276 g/mol. The first kappa shape index (κ1) is 14.2. The lowest BCUT2D eigenvalue weighted by atomic mass is 10.1. The van der Waals surface area contributed by atoms with Gasteiger partial charge in [0.15, 0.2) is 0 Å². The first-order chi connectivity index (χ1) is 9.52. The second-order valence-corrected chi connectivity index (χ2v) is 4.52. The molecule has 0 amide bonds. The van der Waals surface area contributed by atoms with Crippen LogP contribution in [0.15, 0.2) is 24.3 Å². The number of aromatic nitrogens is 2. The SMILES string of the molecule is CCOC(=O)Cc1c(C)nn(-c2ccc(F)cc2)c1C. The van der Waals surface area contributed by atoms with Crippen LogP contribution in [0.25, 0.3) is 5.69 Å². The van der Waals surface area contributed by atoms with Gasteiger partial charge >= 0.3 is 5.97 Å². The number of ether oxygens (including phenoxy) is 1. The highest BCUT2D eigenvalue weighted by Gasteiger charge is 2.16. The summed E-state index contributed by atoms with van der Waals surface area (Å²) in [6.07, 6.45) is 0.201. The molecule has 0 unspecified atom stereocenters. The van der Waals surface area contributed by atoms with E-state index in [2.05, 4.69) is 5.10 Å². The summed E-state index contributed by atoms with van der Waals surface area (Å²) in [5.41, 5.74) is 3.26. The van der Waals surface area contributed by atoms with Crippen molar-refractivity contribution in [1.82, 2.24) is 9.78 Å². The van der Waals surface area contributed by atoms with Crippen molar-refractivity contribution < 1.29 is 13.9 Å². The number of esters is 1. The van der Waals surface area contributed by atoms with E-state index in [0.29, 0.717) is 6.61 Å². The number of benzene rings is 1. The molecule has 106 valence electrons. The number of hydrogen-bond donors (Lipinski definition) is 0. The molecule has 0 fully saturated rings. The van der Waals surface area contributed by atoms with Crippen molar-refractivity contribution in [3.05, 3.63) is 47.0 Å². The Morgan fingerprint density at radius 1 is 1.30 bits per heavy atom. The minimum Gasteiger partial charge on any atom is -0.466 e. The van der Waals surface area contributed by atoms with E-state index in [1.165, 1.54) is 12.1 Å². The zero-order valence-corrected chi connectivity index (χ0v) is 11.8. The van der Waals surface area contributed by atoms with Gasteiger partial charge in [-0.05, 0) is 45.0 Å². The second-order valence-electron chi connectivity index (χ2n) is 4.52. The van der Waals surface area contributed by atoms with E-state index in [1.54, 1.807) is 23.7 Å². The molecular formula is C15H17FN2O2. The number of halogens is 1. The first-order valence-electron chi connectivity index (χ1n) is 6.49. The van der Waals surface area contributed by atoms with Gasteiger partial charge in [-0.1, -0.05) is 0 Å². The second kappa shape index (κ2) is 5.86. The van der Waals surface area contributed by atoms with Gasteiger partial charge < -0.3 is 4.74 Å². The summed E-state index contributed by atoms with van der Waals surface area (Å²) in [6.45, 7) is 5.88. The highest BCUT2D eigenvalue weighted by atomic mass is 19.1. The Kier molecular flexibility index (Phi) is 4.17. The van der Waals surface area contributed by atoms with E-state index >= 15 is 0 Å². The maximum atomic E-state index is 13.0. The number of nitrogens with zero attached hydrogens (tertiary/aromatic N) is 2. The number of hydrogen-bond acceptors (Lipinski definition) is 3. The number of rotatable bonds is 4. The molecule has 0 spiro atoms. The standard InChI is InChI=1S/C15H17FN2O2/c1-4-20-15(19)9-14-10(2)17-18(11(14)3)13-7-5-12(16)6-8-13/h5-8H,4,9H2,1-3H3. The maximum Gasteiger partial charge on any atom is 0.310 e. The Morgan fingerprint density at radius 2 is 1.95 bits per heavy atom. The third-order valence-electron chi connectivity index (χ3n) is 3.14. The Hall–Kier alpha value is -2.17. The van der Waals surface area contributed by atoms with Crippen molar-refractivity contribution in [3.8, 4) is 5.69 Å². The molecule has 0 atom stereocenters. The summed E-state index contributed by atoms with van der Waals surface area (Å²) < 4.78 is 19.6. The molecule has 0 aliphatic rings. The minimum atomic E-state index is -0.290. The Morgan fingerprint density at radius 3 is 2.55 bits per heavy atom. The molecule has 2 aromatic rings. The molecule has 1 aromatic heterocycles. The molecule has 5 heteroatoms. The molecule has 20 heavy (non-hydrogen) atoms. The van der Waals surface area contributed by atoms with Crippen LogP contribution < -0.4 is 0 Å². The number of aryl methyl sites for hydroxylation is 1. The van der Waals surface area contributed by atoms with Crippen LogP contribution in [0.5, 0.6) is 0 Å². The highest BCUT2D eigenvalue weighted by Crippen LogP contribution is 2.19. The molecule has 0 aliphatic heterocycles. The van der Waals surface area contributed by atoms with E-state index < -0.39 is 0 Å². The molecule has 0 aliphatic carbocycles. The van der Waals surface area contributed by atoms with Crippen LogP contribution >= 0.6 is 0 Å². The van der Waals surface area contributed by atoms with Crippen LogP contribution in [0.4, 0.5) is 4.39 Å². The molecule has 2 rings (SSSR count). The zero-order valence-electron chi connectivity index (χ0n) is 11.8. The molecule has 0 saturated carbocycles. The van der Waals surface area contributed by atoms with E-state index in [0.717, 1.165) is 22.6 Å². The molecule has 4 nitrogen and oxygen atoms in total. The summed E-state index contributed by atoms with van der Waals surface area (Å²) in [7, 11) is 0. The molecule has 1 aromatic carbocycles. The van der Waals surface area contributed by atoms with E-state index in [-0.39, 0.29) is 18.2 Å². The lowest BCUT2D eigenvalue weighted by Gasteiger charge is -2.05. The summed E-state index contributed by atoms with van der Waals surface area (Å²) >= 11 is 0. The maximum absolute atomic E-state index is 13.0. The van der Waals surface area contributed by atoms with Gasteiger partial charge in [-0.2, -0.15) is 5.10 Å². The summed E-state index contributed by atoms with van der Waals surface area (Å²) in [4.78, 5) is 11.6. The van der Waals surface area contributed by atoms with Crippen LogP contribution in [0.2, 0.25) is 0 Å². The number of carbonyl (C=O) groups excluding carboxylic acids is 1. The summed E-state index contributed by atoms with van der Waals surface area (Å²) in [5.74, 6) is -0.556. The largest absolute Gasteiger partial charge is 0.466 e. The van der Waals surface area contributed by atoms with E-state index in [4.69, 9.17) is 4.74 Å². The predicted octanol–water partition coefficient (Wildman–Crippen LogP) is 2.73. The number of carbonyl (C=O) groups is 1. The van der Waals surface area contributed by atoms with Crippen molar-refractivity contribution in [2.45, 2.75) is 27.2 Å². The van der Waals surface area contributed by atoms with Crippen LogP contribution in [0.3, 0.4) is 0 Å². The fraction of sp³-hybridized carbons (Fsp3) is 0.333. The molecule has 0 N–H and O–H groups in total. The van der Waals surface area contributed by atoms with Gasteiger partial charge in [0.2, 0.25) is 0 Å². The Balaban J connectivity index is 2.33. The topological polar surface area (TPSA) is 44.1 Å². The van der Waals surface area contributed by atoms with Crippen molar-refractivity contribution in [2.24, 2.45) is 0 Å². The van der Waals surface area contributed by atoms with Crippen molar-refractivity contribution in [1.29, 1.82) is 0 Å². The van der Waals surface area contributed by atoms with E-state index in [1.807, 2.05) is 13.8 Å². The monoisotopic (exact) mass is 276 g/mol. The third kappa shape index (κ3) is 2.87. The predicted molar refractivity (Wildman–Crippen MR) is 73.3 cm³/mol. The average Bonchev–Trinajstić information content (AvgIpc) is 2.68. The molecule has 0 bridgehead atoms. The zero-order chi connectivity index (χ0) is 14.7. The smallest absolute Gasteiger partial charge is 0.310 e. The van der Waals surface area contributed by atoms with Gasteiger partial charge in [-0.25, -0.2) is 9.07 Å². The van der Waals surface area contributed by atoms with Crippen molar-refractivity contribution >= 4 is 5.97 Å². The fourth-order valence-electron chi connectivity index (χ4n) is 2.12. The van der Waals surface area contributed by atoms with E-state index in [9.17, 15) is 9.18 Å². The normalized spacial score (nSPS) is 10.6. The van der Waals surface area contributed by atoms with Gasteiger partial charge in [-0.15, -0.1) is 0 Å². The molecule has 0 radical (unpaired) electrons. The van der Waals surface area contributed by atoms with Crippen LogP contribution in [0.1, 0.15) is 23.9 Å². The quantitative estimate of drug-likeness (QED) is 0.806. The van der Waals surface area contributed by atoms with Gasteiger partial charge in [0.25, 0.3) is 0 Å². The summed E-state index contributed by atoms with van der Waals surface area (Å²) in [5, 5.41) is 4.41. The minimum absolute atomic E-state index is 0.201. The van der Waals surface area contributed by atoms with Gasteiger partial charge in [0, 0.05) is 11.3 Å². The van der Waals surface area contributed by atoms with Crippen LogP contribution in [-0.4, -0.2) is 22.4 Å². The molecule has 0 saturated heterocycles. The lowest BCUT2D eigenvalue weighted by Crippen LogP contribution is -2.09. The van der Waals surface area contributed by atoms with Gasteiger partial charge in [-0.3, -0.25) is 4.79 Å². The van der Waals surface area contributed by atoms with Gasteiger partial charge in [0.1, 0.15) is 5.82 Å². The molecule has 1 heterocycles. The van der Waals surface area contributed by atoms with Gasteiger partial charge in [0.05, 0.1) is 24.4 Å². The lowest BCUT2D eigenvalue weighted by molar-refractivity contribution is -0.142. The Labute approximate surface area is 117 Å². The highest BCUT2D eigenvalue weighted by molar-refractivity contribution is 5.73. The third-order valence-corrected chi connectivity index (χ3v) is 3.14. The van der Waals surface area contributed by atoms with Crippen LogP contribution in [0, 0.1) is 19.7 Å². The fourth-order valence-corrected chi connectivity index (χ4v) is 2.12. The van der Waals surface area contributed by atoms with Crippen LogP contribution in [-0.2, 0) is 16.0 Å². The van der Waals surface area contributed by atoms with Crippen molar-refractivity contribution in [3.63, 3.8) is 0 Å². The first-order valence-corrected chi connectivity index (χ1v) is 6.49. The summed E-state index contributed by atoms with van der Waals surface area (Å²) in [6, 6.07) is 6.08. The van der Waals surface area contributed by atoms with Crippen molar-refractivity contribution in [2.75, 3.05) is 6.61 Å².